The normalized spacial score (nSPS) is 30.2. The zero-order valence-corrected chi connectivity index (χ0v) is 14.1. The zero-order chi connectivity index (χ0) is 16.1. The van der Waals surface area contributed by atoms with Gasteiger partial charge in [0.1, 0.15) is 0 Å². The minimum Gasteiger partial charge on any atom is -0.326 e. The van der Waals surface area contributed by atoms with Crippen LogP contribution < -0.4 is 5.32 Å². The number of halogens is 1. The van der Waals surface area contributed by atoms with Gasteiger partial charge in [-0.15, -0.1) is 0 Å². The molecule has 2 aliphatic rings. The highest BCUT2D eigenvalue weighted by atomic mass is 35.5. The predicted octanol–water partition coefficient (Wildman–Crippen LogP) is 5.61. The third-order valence-corrected chi connectivity index (χ3v) is 5.13. The van der Waals surface area contributed by atoms with Gasteiger partial charge in [-0.05, 0) is 68.6 Å². The molecule has 3 rings (SSSR count). The summed E-state index contributed by atoms with van der Waals surface area (Å²) in [5.74, 6) is 1.39. The number of hydrogen-bond donors (Lipinski definition) is 1. The van der Waals surface area contributed by atoms with Gasteiger partial charge in [-0.2, -0.15) is 0 Å². The van der Waals surface area contributed by atoms with Crippen molar-refractivity contribution in [2.45, 2.75) is 38.5 Å². The lowest BCUT2D eigenvalue weighted by atomic mass is 10.1. The fourth-order valence-electron chi connectivity index (χ4n) is 3.65. The maximum Gasteiger partial charge on any atom is 0.228 e. The number of anilines is 1. The molecule has 122 valence electrons. The topological polar surface area (TPSA) is 29.1 Å². The van der Waals surface area contributed by atoms with Gasteiger partial charge in [-0.25, -0.2) is 0 Å². The van der Waals surface area contributed by atoms with E-state index in [0.717, 1.165) is 44.2 Å². The van der Waals surface area contributed by atoms with Crippen molar-refractivity contribution in [2.75, 3.05) is 5.32 Å². The molecule has 1 unspecified atom stereocenters. The summed E-state index contributed by atoms with van der Waals surface area (Å²) in [4.78, 5) is 12.6. The molecule has 0 bridgehead atoms. The van der Waals surface area contributed by atoms with Gasteiger partial charge in [0, 0.05) is 16.6 Å². The summed E-state index contributed by atoms with van der Waals surface area (Å²) in [6.45, 7) is 0. The first-order valence-corrected chi connectivity index (χ1v) is 9.00. The second-order valence-corrected chi connectivity index (χ2v) is 6.96. The molecule has 0 saturated heterocycles. The Hall–Kier alpha value is -1.54. The highest BCUT2D eigenvalue weighted by Crippen LogP contribution is 2.52. The number of carbonyl (C=O) groups excluding carboxylic acids is 1. The van der Waals surface area contributed by atoms with E-state index in [1.807, 2.05) is 18.2 Å². The summed E-state index contributed by atoms with van der Waals surface area (Å²) in [6, 6.07) is 7.38. The van der Waals surface area contributed by atoms with Crippen molar-refractivity contribution in [3.05, 3.63) is 53.6 Å². The second kappa shape index (κ2) is 7.83. The molecular weight excluding hydrogens is 306 g/mol. The van der Waals surface area contributed by atoms with Crippen molar-refractivity contribution in [3.8, 4) is 0 Å². The third-order valence-electron chi connectivity index (χ3n) is 4.89. The van der Waals surface area contributed by atoms with Crippen molar-refractivity contribution in [2.24, 2.45) is 17.8 Å². The maximum absolute atomic E-state index is 12.6. The van der Waals surface area contributed by atoms with E-state index in [4.69, 9.17) is 11.6 Å². The van der Waals surface area contributed by atoms with Crippen LogP contribution in [-0.4, -0.2) is 5.91 Å². The molecule has 0 radical (unpaired) electrons. The number of hydrogen-bond acceptors (Lipinski definition) is 1. The van der Waals surface area contributed by atoms with E-state index >= 15 is 0 Å². The van der Waals surface area contributed by atoms with Gasteiger partial charge in [0.15, 0.2) is 0 Å². The molecule has 0 aliphatic heterocycles. The highest BCUT2D eigenvalue weighted by Gasteiger charge is 2.52. The number of fused-ring (bicyclic) bond motifs is 1. The standard InChI is InChI=1S/C20H24ClNO/c21-15-10-9-11-16(14-15)22-20(23)19-17-12-7-5-3-1-2-4-6-8-13-18(17)19/h3-6,9-11,14,17-19H,1-2,7-8,12-13H2,(H,22,23)/b5-3-,6-4+/t17-,18-,19?/m1/s1. The van der Waals surface area contributed by atoms with Crippen molar-refractivity contribution < 1.29 is 4.79 Å². The molecule has 2 nitrogen and oxygen atoms in total. The minimum absolute atomic E-state index is 0.157. The highest BCUT2D eigenvalue weighted by molar-refractivity contribution is 6.30. The van der Waals surface area contributed by atoms with Crippen LogP contribution in [0.25, 0.3) is 0 Å². The Balaban J connectivity index is 1.61. The minimum atomic E-state index is 0.157. The van der Waals surface area contributed by atoms with Crippen molar-refractivity contribution >= 4 is 23.2 Å². The first kappa shape index (κ1) is 16.3. The van der Waals surface area contributed by atoms with Gasteiger partial charge in [0.05, 0.1) is 0 Å². The monoisotopic (exact) mass is 329 g/mol. The van der Waals surface area contributed by atoms with Gasteiger partial charge in [0.25, 0.3) is 0 Å². The predicted molar refractivity (Wildman–Crippen MR) is 96.5 cm³/mol. The second-order valence-electron chi connectivity index (χ2n) is 6.53. The van der Waals surface area contributed by atoms with Gasteiger partial charge in [0.2, 0.25) is 5.91 Å². The van der Waals surface area contributed by atoms with Crippen molar-refractivity contribution in [1.29, 1.82) is 0 Å². The van der Waals surface area contributed by atoms with Crippen LogP contribution in [0.5, 0.6) is 0 Å². The van der Waals surface area contributed by atoms with Crippen LogP contribution in [0.2, 0.25) is 5.02 Å². The molecule has 23 heavy (non-hydrogen) atoms. The van der Waals surface area contributed by atoms with Crippen LogP contribution in [0.1, 0.15) is 38.5 Å². The van der Waals surface area contributed by atoms with E-state index < -0.39 is 0 Å². The van der Waals surface area contributed by atoms with E-state index in [0.29, 0.717) is 16.9 Å². The van der Waals surface area contributed by atoms with E-state index in [2.05, 4.69) is 29.6 Å². The van der Waals surface area contributed by atoms with E-state index in [1.165, 1.54) is 0 Å². The fraction of sp³-hybridized carbons (Fsp3) is 0.450. The lowest BCUT2D eigenvalue weighted by Gasteiger charge is -2.05. The Morgan fingerprint density at radius 2 is 1.57 bits per heavy atom. The van der Waals surface area contributed by atoms with Crippen LogP contribution in [0.4, 0.5) is 5.69 Å². The number of nitrogens with one attached hydrogen (secondary N) is 1. The molecule has 3 heteroatoms. The van der Waals surface area contributed by atoms with Crippen LogP contribution in [0, 0.1) is 17.8 Å². The Bertz CT molecular complexity index is 583. The quantitative estimate of drug-likeness (QED) is 0.702. The Kier molecular flexibility index (Phi) is 5.56. The Morgan fingerprint density at radius 1 is 0.957 bits per heavy atom. The molecule has 3 atom stereocenters. The van der Waals surface area contributed by atoms with Gasteiger partial charge >= 0.3 is 0 Å². The van der Waals surface area contributed by atoms with E-state index in [-0.39, 0.29) is 11.8 Å². The lowest BCUT2D eigenvalue weighted by Crippen LogP contribution is -2.15. The van der Waals surface area contributed by atoms with Crippen LogP contribution in [0.15, 0.2) is 48.6 Å². The lowest BCUT2D eigenvalue weighted by molar-refractivity contribution is -0.117. The van der Waals surface area contributed by atoms with Crippen LogP contribution in [-0.2, 0) is 4.79 Å². The van der Waals surface area contributed by atoms with E-state index in [9.17, 15) is 4.79 Å². The Morgan fingerprint density at radius 3 is 2.17 bits per heavy atom. The molecule has 1 saturated carbocycles. The number of rotatable bonds is 2. The largest absolute Gasteiger partial charge is 0.326 e. The average molecular weight is 330 g/mol. The molecule has 0 spiro atoms. The van der Waals surface area contributed by atoms with Crippen LogP contribution in [0.3, 0.4) is 0 Å². The van der Waals surface area contributed by atoms with Gasteiger partial charge < -0.3 is 5.32 Å². The summed E-state index contributed by atoms with van der Waals surface area (Å²) in [5, 5.41) is 3.69. The summed E-state index contributed by atoms with van der Waals surface area (Å²) in [5.41, 5.74) is 0.796. The molecule has 1 N–H and O–H groups in total. The molecule has 2 aliphatic carbocycles. The average Bonchev–Trinajstić information content (AvgIpc) is 3.20. The molecule has 0 aromatic heterocycles. The molecule has 1 aromatic carbocycles. The first-order valence-electron chi connectivity index (χ1n) is 8.62. The summed E-state index contributed by atoms with van der Waals surface area (Å²) in [7, 11) is 0. The zero-order valence-electron chi connectivity index (χ0n) is 13.4. The molecular formula is C20H24ClNO. The Labute approximate surface area is 143 Å². The van der Waals surface area contributed by atoms with Crippen molar-refractivity contribution in [3.63, 3.8) is 0 Å². The SMILES string of the molecule is O=C(Nc1cccc(Cl)c1)C1[C@@H]2CC/C=C\CC/C=C/CC[C@@H]12. The van der Waals surface area contributed by atoms with Crippen LogP contribution >= 0.6 is 11.6 Å². The summed E-state index contributed by atoms with van der Waals surface area (Å²) < 4.78 is 0. The van der Waals surface area contributed by atoms with Gasteiger partial charge in [-0.1, -0.05) is 42.0 Å². The molecule has 0 heterocycles. The number of benzene rings is 1. The summed E-state index contributed by atoms with van der Waals surface area (Å²) >= 11 is 5.99. The smallest absolute Gasteiger partial charge is 0.228 e. The maximum atomic E-state index is 12.6. The summed E-state index contributed by atoms with van der Waals surface area (Å²) in [6.07, 6.45) is 15.8. The fourth-order valence-corrected chi connectivity index (χ4v) is 3.84. The molecule has 1 amide bonds. The number of allylic oxidation sites excluding steroid dienone is 4. The number of amides is 1. The third kappa shape index (κ3) is 4.48. The molecule has 1 fully saturated rings. The van der Waals surface area contributed by atoms with E-state index in [1.54, 1.807) is 6.07 Å². The molecule has 1 aromatic rings. The van der Waals surface area contributed by atoms with Gasteiger partial charge in [-0.3, -0.25) is 4.79 Å². The first-order chi connectivity index (χ1) is 11.3. The number of carbonyl (C=O) groups is 1. The van der Waals surface area contributed by atoms with Crippen molar-refractivity contribution in [1.82, 2.24) is 0 Å².